The van der Waals surface area contributed by atoms with Gasteiger partial charge in [0.05, 0.1) is 10.2 Å². The first-order valence-corrected chi connectivity index (χ1v) is 12.8. The highest BCUT2D eigenvalue weighted by Gasteiger charge is 2.15. The molecule has 37 heavy (non-hydrogen) atoms. The van der Waals surface area contributed by atoms with Crippen molar-refractivity contribution in [2.75, 3.05) is 13.2 Å². The zero-order chi connectivity index (χ0) is 26.2. The van der Waals surface area contributed by atoms with Crippen LogP contribution in [0.5, 0.6) is 11.5 Å². The van der Waals surface area contributed by atoms with Crippen molar-refractivity contribution in [3.8, 4) is 17.6 Å². The number of nitrogens with one attached hydrogen (secondary N) is 2. The lowest BCUT2D eigenvalue weighted by molar-refractivity contribution is -0.117. The molecule has 8 heteroatoms. The Kier molecular flexibility index (Phi) is 8.80. The number of rotatable bonds is 10. The normalized spacial score (nSPS) is 11.2. The highest BCUT2D eigenvalue weighted by molar-refractivity contribution is 14.1. The van der Waals surface area contributed by atoms with Crippen LogP contribution in [-0.2, 0) is 17.8 Å². The van der Waals surface area contributed by atoms with Gasteiger partial charge >= 0.3 is 0 Å². The third-order valence-corrected chi connectivity index (χ3v) is 6.44. The van der Waals surface area contributed by atoms with Crippen LogP contribution in [0.4, 0.5) is 4.39 Å². The lowest BCUT2D eigenvalue weighted by atomic mass is 10.1. The maximum absolute atomic E-state index is 13.5. The second-order valence-electron chi connectivity index (χ2n) is 8.22. The van der Waals surface area contributed by atoms with Crippen molar-refractivity contribution in [3.05, 3.63) is 98.5 Å². The Morgan fingerprint density at radius 2 is 2.00 bits per heavy atom. The van der Waals surface area contributed by atoms with Gasteiger partial charge in [-0.05, 0) is 89.0 Å². The first-order valence-electron chi connectivity index (χ1n) is 11.8. The number of nitrogens with zero attached hydrogens (tertiary/aromatic N) is 1. The van der Waals surface area contributed by atoms with Gasteiger partial charge in [0, 0.05) is 23.6 Å². The predicted octanol–water partition coefficient (Wildman–Crippen LogP) is 6.16. The number of benzene rings is 3. The molecule has 6 nitrogen and oxygen atoms in total. The summed E-state index contributed by atoms with van der Waals surface area (Å²) in [4.78, 5) is 15.9. The number of H-pyrrole nitrogens is 1. The van der Waals surface area contributed by atoms with E-state index in [0.29, 0.717) is 42.2 Å². The molecule has 0 atom stereocenters. The minimum Gasteiger partial charge on any atom is -0.490 e. The number of nitriles is 1. The quantitative estimate of drug-likeness (QED) is 0.128. The summed E-state index contributed by atoms with van der Waals surface area (Å²) in [6.45, 7) is 2.83. The number of amides is 1. The van der Waals surface area contributed by atoms with Crippen LogP contribution in [-0.4, -0.2) is 24.0 Å². The minimum absolute atomic E-state index is 0.00870. The van der Waals surface area contributed by atoms with E-state index in [-0.39, 0.29) is 18.0 Å². The van der Waals surface area contributed by atoms with E-state index in [1.54, 1.807) is 24.3 Å². The fourth-order valence-electron chi connectivity index (χ4n) is 3.92. The molecule has 3 aromatic carbocycles. The molecule has 2 N–H and O–H groups in total. The minimum atomic E-state index is -0.443. The monoisotopic (exact) mass is 609 g/mol. The van der Waals surface area contributed by atoms with Gasteiger partial charge in [-0.25, -0.2) is 4.39 Å². The van der Waals surface area contributed by atoms with Crippen LogP contribution in [0.15, 0.2) is 72.4 Å². The van der Waals surface area contributed by atoms with Gasteiger partial charge in [-0.1, -0.05) is 30.3 Å². The summed E-state index contributed by atoms with van der Waals surface area (Å²) in [5.74, 6) is 0.228. The Balaban J connectivity index is 1.46. The summed E-state index contributed by atoms with van der Waals surface area (Å²) < 4.78 is 26.0. The molecule has 0 spiro atoms. The highest BCUT2D eigenvalue weighted by atomic mass is 127. The number of carbonyl (C=O) groups is 1. The van der Waals surface area contributed by atoms with Gasteiger partial charge in [0.25, 0.3) is 5.91 Å². The molecule has 0 radical (unpaired) electrons. The summed E-state index contributed by atoms with van der Waals surface area (Å²) in [7, 11) is 0. The molecule has 4 rings (SSSR count). The third kappa shape index (κ3) is 6.68. The van der Waals surface area contributed by atoms with Crippen LogP contribution in [0.1, 0.15) is 23.6 Å². The number of aromatic nitrogens is 1. The van der Waals surface area contributed by atoms with E-state index >= 15 is 0 Å². The summed E-state index contributed by atoms with van der Waals surface area (Å²) in [5, 5.41) is 13.6. The van der Waals surface area contributed by atoms with E-state index in [9.17, 15) is 14.4 Å². The lowest BCUT2D eigenvalue weighted by Gasteiger charge is -2.15. The van der Waals surface area contributed by atoms with Crippen molar-refractivity contribution in [1.29, 1.82) is 5.26 Å². The third-order valence-electron chi connectivity index (χ3n) is 5.63. The largest absolute Gasteiger partial charge is 0.490 e. The summed E-state index contributed by atoms with van der Waals surface area (Å²) >= 11 is 2.12. The van der Waals surface area contributed by atoms with Gasteiger partial charge in [0.1, 0.15) is 24.1 Å². The molecule has 0 aliphatic carbocycles. The molecular weight excluding hydrogens is 584 g/mol. The molecule has 0 aliphatic rings. The van der Waals surface area contributed by atoms with Gasteiger partial charge in [0.2, 0.25) is 0 Å². The molecule has 0 saturated heterocycles. The number of hydrogen-bond acceptors (Lipinski definition) is 4. The second kappa shape index (κ2) is 12.4. The van der Waals surface area contributed by atoms with E-state index in [2.05, 4.69) is 32.9 Å². The molecule has 0 unspecified atom stereocenters. The standard InChI is InChI=1S/C29H25FIN3O3/c1-2-36-27-15-20(14-25(31)28(27)37-18-19-6-5-7-23(30)13-19)12-22(16-32)29(35)33-11-10-21-17-34-26-9-4-3-8-24(21)26/h3-9,12-15,17,34H,2,10-11,18H2,1H3,(H,33,35)/b22-12-. The maximum Gasteiger partial charge on any atom is 0.261 e. The van der Waals surface area contributed by atoms with Gasteiger partial charge < -0.3 is 19.8 Å². The Morgan fingerprint density at radius 1 is 1.16 bits per heavy atom. The van der Waals surface area contributed by atoms with Crippen molar-refractivity contribution in [1.82, 2.24) is 10.3 Å². The van der Waals surface area contributed by atoms with Crippen molar-refractivity contribution in [2.24, 2.45) is 0 Å². The fraction of sp³-hybridized carbons (Fsp3) is 0.172. The molecule has 0 fully saturated rings. The number of aromatic amines is 1. The SMILES string of the molecule is CCOc1cc(/C=C(/C#N)C(=O)NCCc2c[nH]c3ccccc23)cc(I)c1OCc1cccc(F)c1. The van der Waals surface area contributed by atoms with E-state index in [1.165, 1.54) is 18.2 Å². The van der Waals surface area contributed by atoms with E-state index < -0.39 is 5.91 Å². The van der Waals surface area contributed by atoms with Gasteiger partial charge in [0.15, 0.2) is 11.5 Å². The summed E-state index contributed by atoms with van der Waals surface area (Å²) in [6, 6.07) is 19.7. The molecule has 0 bridgehead atoms. The Morgan fingerprint density at radius 3 is 2.78 bits per heavy atom. The number of carbonyl (C=O) groups excluding carboxylic acids is 1. The average molecular weight is 609 g/mol. The molecule has 4 aromatic rings. The van der Waals surface area contributed by atoms with E-state index in [0.717, 1.165) is 20.0 Å². The fourth-order valence-corrected chi connectivity index (χ4v) is 4.70. The van der Waals surface area contributed by atoms with Crippen LogP contribution in [0.25, 0.3) is 17.0 Å². The van der Waals surface area contributed by atoms with Crippen LogP contribution in [0, 0.1) is 20.7 Å². The number of para-hydroxylation sites is 1. The van der Waals surface area contributed by atoms with Crippen molar-refractivity contribution >= 4 is 45.5 Å². The van der Waals surface area contributed by atoms with Crippen LogP contribution >= 0.6 is 22.6 Å². The van der Waals surface area contributed by atoms with Gasteiger partial charge in [-0.2, -0.15) is 5.26 Å². The van der Waals surface area contributed by atoms with Crippen molar-refractivity contribution < 1.29 is 18.7 Å². The molecular formula is C29H25FIN3O3. The molecule has 1 heterocycles. The number of hydrogen-bond donors (Lipinski definition) is 2. The molecule has 1 amide bonds. The van der Waals surface area contributed by atoms with Crippen LogP contribution < -0.4 is 14.8 Å². The number of ether oxygens (including phenoxy) is 2. The van der Waals surface area contributed by atoms with Crippen molar-refractivity contribution in [3.63, 3.8) is 0 Å². The zero-order valence-electron chi connectivity index (χ0n) is 20.2. The lowest BCUT2D eigenvalue weighted by Crippen LogP contribution is -2.26. The first-order chi connectivity index (χ1) is 18.0. The summed E-state index contributed by atoms with van der Waals surface area (Å²) in [5.41, 5.74) is 3.46. The number of fused-ring (bicyclic) bond motifs is 1. The second-order valence-corrected chi connectivity index (χ2v) is 9.38. The van der Waals surface area contributed by atoms with Crippen molar-refractivity contribution in [2.45, 2.75) is 20.0 Å². The van der Waals surface area contributed by atoms with E-state index in [1.807, 2.05) is 43.5 Å². The predicted molar refractivity (Wildman–Crippen MR) is 150 cm³/mol. The number of halogens is 2. The Hall–Kier alpha value is -3.84. The Bertz CT molecular complexity index is 1490. The van der Waals surface area contributed by atoms with Crippen LogP contribution in [0.2, 0.25) is 0 Å². The molecule has 0 aliphatic heterocycles. The van der Waals surface area contributed by atoms with Crippen LogP contribution in [0.3, 0.4) is 0 Å². The smallest absolute Gasteiger partial charge is 0.261 e. The Labute approximate surface area is 228 Å². The topological polar surface area (TPSA) is 87.1 Å². The maximum atomic E-state index is 13.5. The van der Waals surface area contributed by atoms with Gasteiger partial charge in [-0.3, -0.25) is 4.79 Å². The molecule has 0 saturated carbocycles. The highest BCUT2D eigenvalue weighted by Crippen LogP contribution is 2.35. The first kappa shape index (κ1) is 26.2. The summed E-state index contributed by atoms with van der Waals surface area (Å²) in [6.07, 6.45) is 4.10. The molecule has 1 aromatic heterocycles. The molecule has 188 valence electrons. The average Bonchev–Trinajstić information content (AvgIpc) is 3.30. The van der Waals surface area contributed by atoms with E-state index in [4.69, 9.17) is 9.47 Å². The van der Waals surface area contributed by atoms with Gasteiger partial charge in [-0.15, -0.1) is 0 Å². The zero-order valence-corrected chi connectivity index (χ0v) is 22.3.